The first-order valence-corrected chi connectivity index (χ1v) is 11.0. The van der Waals surface area contributed by atoms with Crippen LogP contribution in [0.2, 0.25) is 0 Å². The van der Waals surface area contributed by atoms with Gasteiger partial charge in [0.15, 0.2) is 0 Å². The van der Waals surface area contributed by atoms with Gasteiger partial charge in [0.05, 0.1) is 11.5 Å². The highest BCUT2D eigenvalue weighted by molar-refractivity contribution is 7.89. The first-order chi connectivity index (χ1) is 14.6. The smallest absolute Gasteiger partial charge is 0.493 e. The predicted octanol–water partition coefficient (Wildman–Crippen LogP) is 2.67. The summed E-state index contributed by atoms with van der Waals surface area (Å²) >= 11 is 0. The number of ether oxygens (including phenoxy) is 2. The average molecular weight is 456 g/mol. The highest BCUT2D eigenvalue weighted by Gasteiger charge is 2.33. The third-order valence-electron chi connectivity index (χ3n) is 5.16. The maximum Gasteiger partial charge on any atom is 0.573 e. The molecular formula is C20H19F3N2O5S. The molecule has 2 aliphatic rings. The summed E-state index contributed by atoms with van der Waals surface area (Å²) in [4.78, 5) is 14.2. The molecule has 0 radical (unpaired) electrons. The van der Waals surface area contributed by atoms with E-state index in [0.29, 0.717) is 12.2 Å². The molecule has 0 aromatic heterocycles. The molecule has 2 aromatic rings. The Hall–Kier alpha value is -2.79. The maximum atomic E-state index is 12.8. The van der Waals surface area contributed by atoms with E-state index in [4.69, 9.17) is 4.74 Å². The Morgan fingerprint density at radius 3 is 2.32 bits per heavy atom. The van der Waals surface area contributed by atoms with Crippen LogP contribution in [0.15, 0.2) is 47.4 Å². The molecule has 7 nitrogen and oxygen atoms in total. The quantitative estimate of drug-likeness (QED) is 0.707. The van der Waals surface area contributed by atoms with Gasteiger partial charge in [0.25, 0.3) is 5.91 Å². The molecule has 31 heavy (non-hydrogen) atoms. The Balaban J connectivity index is 1.40. The fourth-order valence-electron chi connectivity index (χ4n) is 3.60. The van der Waals surface area contributed by atoms with Gasteiger partial charge in [-0.3, -0.25) is 4.79 Å². The zero-order chi connectivity index (χ0) is 22.2. The monoisotopic (exact) mass is 456 g/mol. The molecule has 2 aliphatic heterocycles. The van der Waals surface area contributed by atoms with Crippen LogP contribution in [0.1, 0.15) is 15.9 Å². The Labute approximate surface area is 177 Å². The van der Waals surface area contributed by atoms with Crippen LogP contribution in [0.4, 0.5) is 13.2 Å². The van der Waals surface area contributed by atoms with Crippen molar-refractivity contribution in [1.82, 2.24) is 9.21 Å². The van der Waals surface area contributed by atoms with Gasteiger partial charge in [-0.15, -0.1) is 13.2 Å². The number of benzene rings is 2. The molecule has 0 N–H and O–H groups in total. The Morgan fingerprint density at radius 1 is 1.00 bits per heavy atom. The number of amides is 1. The molecule has 2 aromatic carbocycles. The molecule has 0 saturated carbocycles. The molecule has 11 heteroatoms. The fourth-order valence-corrected chi connectivity index (χ4v) is 5.02. The van der Waals surface area contributed by atoms with E-state index in [1.165, 1.54) is 4.31 Å². The first kappa shape index (κ1) is 21.4. The summed E-state index contributed by atoms with van der Waals surface area (Å²) < 4.78 is 72.8. The lowest BCUT2D eigenvalue weighted by Gasteiger charge is -2.34. The van der Waals surface area contributed by atoms with E-state index >= 15 is 0 Å². The molecule has 166 valence electrons. The third-order valence-corrected chi connectivity index (χ3v) is 7.07. The van der Waals surface area contributed by atoms with Crippen LogP contribution in [-0.4, -0.2) is 62.7 Å². The molecule has 0 spiro atoms. The van der Waals surface area contributed by atoms with Crippen molar-refractivity contribution in [3.8, 4) is 11.5 Å². The highest BCUT2D eigenvalue weighted by Crippen LogP contribution is 2.28. The molecule has 2 heterocycles. The molecular weight excluding hydrogens is 437 g/mol. The molecule has 0 bridgehead atoms. The lowest BCUT2D eigenvalue weighted by Crippen LogP contribution is -2.50. The minimum atomic E-state index is -4.85. The number of carbonyl (C=O) groups excluding carboxylic acids is 1. The van der Waals surface area contributed by atoms with Crippen molar-refractivity contribution in [1.29, 1.82) is 0 Å². The third kappa shape index (κ3) is 4.62. The lowest BCUT2D eigenvalue weighted by atomic mass is 10.1. The summed E-state index contributed by atoms with van der Waals surface area (Å²) in [5, 5.41) is 0. The summed E-state index contributed by atoms with van der Waals surface area (Å²) in [6.45, 7) is 1.18. The Bertz CT molecular complexity index is 1080. The number of halogens is 3. The van der Waals surface area contributed by atoms with E-state index in [1.807, 2.05) is 0 Å². The molecule has 1 saturated heterocycles. The van der Waals surface area contributed by atoms with Gasteiger partial charge in [0, 0.05) is 38.2 Å². The van der Waals surface area contributed by atoms with E-state index in [2.05, 4.69) is 4.74 Å². The summed E-state index contributed by atoms with van der Waals surface area (Å²) in [7, 11) is -3.90. The number of nitrogens with zero attached hydrogens (tertiary/aromatic N) is 2. The number of sulfonamides is 1. The van der Waals surface area contributed by atoms with Crippen molar-refractivity contribution < 1.29 is 35.9 Å². The van der Waals surface area contributed by atoms with Gasteiger partial charge in [-0.25, -0.2) is 8.42 Å². The second kappa shape index (κ2) is 8.04. The van der Waals surface area contributed by atoms with E-state index in [1.54, 1.807) is 23.1 Å². The molecule has 1 fully saturated rings. The summed E-state index contributed by atoms with van der Waals surface area (Å²) in [6, 6.07) is 9.32. The molecule has 1 amide bonds. The molecule has 0 atom stereocenters. The van der Waals surface area contributed by atoms with Crippen LogP contribution in [0.25, 0.3) is 0 Å². The van der Waals surface area contributed by atoms with Crippen molar-refractivity contribution in [2.24, 2.45) is 0 Å². The summed E-state index contributed by atoms with van der Waals surface area (Å²) in [5.74, 6) is 0.0983. The van der Waals surface area contributed by atoms with Crippen LogP contribution in [-0.2, 0) is 16.4 Å². The highest BCUT2D eigenvalue weighted by atomic mass is 32.2. The zero-order valence-electron chi connectivity index (χ0n) is 16.3. The largest absolute Gasteiger partial charge is 0.573 e. The summed E-state index contributed by atoms with van der Waals surface area (Å²) in [6.07, 6.45) is -4.11. The molecule has 0 aliphatic carbocycles. The van der Waals surface area contributed by atoms with Gasteiger partial charge in [-0.2, -0.15) is 4.31 Å². The van der Waals surface area contributed by atoms with Crippen LogP contribution < -0.4 is 9.47 Å². The second-order valence-electron chi connectivity index (χ2n) is 7.14. The Morgan fingerprint density at radius 2 is 1.68 bits per heavy atom. The van der Waals surface area contributed by atoms with Crippen LogP contribution in [0, 0.1) is 0 Å². The summed E-state index contributed by atoms with van der Waals surface area (Å²) in [5.41, 5.74) is 1.51. The van der Waals surface area contributed by atoms with E-state index in [-0.39, 0.29) is 37.0 Å². The van der Waals surface area contributed by atoms with Gasteiger partial charge >= 0.3 is 6.36 Å². The standard InChI is InChI=1S/C20H19F3N2O5S/c21-20(22,23)30-16-2-4-17(5-3-16)31(27,28)25-10-8-24(9-11-25)19(26)15-1-6-18-14(13-15)7-12-29-18/h1-6,13H,7-12H2. The number of hydrogen-bond acceptors (Lipinski definition) is 5. The van der Waals surface area contributed by atoms with Gasteiger partial charge in [0.1, 0.15) is 11.5 Å². The first-order valence-electron chi connectivity index (χ1n) is 9.54. The zero-order valence-corrected chi connectivity index (χ0v) is 17.1. The van der Waals surface area contributed by atoms with Crippen molar-refractivity contribution in [2.75, 3.05) is 32.8 Å². The van der Waals surface area contributed by atoms with Crippen molar-refractivity contribution in [3.63, 3.8) is 0 Å². The minimum Gasteiger partial charge on any atom is -0.493 e. The minimum absolute atomic E-state index is 0.0862. The number of hydrogen-bond donors (Lipinski definition) is 0. The normalized spacial score (nSPS) is 17.2. The fraction of sp³-hybridized carbons (Fsp3) is 0.350. The number of carbonyl (C=O) groups is 1. The van der Waals surface area contributed by atoms with Gasteiger partial charge in [-0.05, 0) is 48.0 Å². The SMILES string of the molecule is O=C(c1ccc2c(c1)CCO2)N1CCN(S(=O)(=O)c2ccc(OC(F)(F)F)cc2)CC1. The number of alkyl halides is 3. The van der Waals surface area contributed by atoms with Gasteiger partial charge in [-0.1, -0.05) is 0 Å². The lowest BCUT2D eigenvalue weighted by molar-refractivity contribution is -0.274. The Kier molecular flexibility index (Phi) is 5.56. The van der Waals surface area contributed by atoms with Crippen molar-refractivity contribution in [2.45, 2.75) is 17.7 Å². The number of fused-ring (bicyclic) bond motifs is 1. The topological polar surface area (TPSA) is 76.2 Å². The van der Waals surface area contributed by atoms with Crippen LogP contribution in [0.3, 0.4) is 0 Å². The number of rotatable bonds is 4. The molecule has 0 unspecified atom stereocenters. The van der Waals surface area contributed by atoms with Crippen molar-refractivity contribution >= 4 is 15.9 Å². The predicted molar refractivity (Wildman–Crippen MR) is 103 cm³/mol. The van der Waals surface area contributed by atoms with E-state index < -0.39 is 22.1 Å². The van der Waals surface area contributed by atoms with E-state index in [9.17, 15) is 26.4 Å². The van der Waals surface area contributed by atoms with Gasteiger partial charge < -0.3 is 14.4 Å². The van der Waals surface area contributed by atoms with Gasteiger partial charge in [0.2, 0.25) is 10.0 Å². The number of piperazine rings is 1. The van der Waals surface area contributed by atoms with Crippen LogP contribution in [0.5, 0.6) is 11.5 Å². The average Bonchev–Trinajstić information content (AvgIpc) is 3.20. The van der Waals surface area contributed by atoms with E-state index in [0.717, 1.165) is 42.0 Å². The molecule has 4 rings (SSSR count). The maximum absolute atomic E-state index is 12.8. The van der Waals surface area contributed by atoms with Crippen LogP contribution >= 0.6 is 0 Å². The second-order valence-corrected chi connectivity index (χ2v) is 9.07. The van der Waals surface area contributed by atoms with Crippen molar-refractivity contribution in [3.05, 3.63) is 53.6 Å².